The van der Waals surface area contributed by atoms with E-state index in [4.69, 9.17) is 4.74 Å². The molecule has 0 radical (unpaired) electrons. The summed E-state index contributed by atoms with van der Waals surface area (Å²) in [5.41, 5.74) is 2.45. The van der Waals surface area contributed by atoms with Crippen LogP contribution < -0.4 is 5.32 Å². The standard InChI is InChI=1S/C14H20N2O2/c1-3-15-13(10-16-7-8-18-14(16)17)12-6-4-5-11(2)9-12/h4-6,9,13,15H,3,7-8,10H2,1-2H3. The Labute approximate surface area is 108 Å². The molecule has 1 aromatic carbocycles. The highest BCUT2D eigenvalue weighted by molar-refractivity contribution is 5.69. The van der Waals surface area contributed by atoms with Gasteiger partial charge in [-0.15, -0.1) is 0 Å². The van der Waals surface area contributed by atoms with Crippen molar-refractivity contribution < 1.29 is 9.53 Å². The summed E-state index contributed by atoms with van der Waals surface area (Å²) in [5, 5.41) is 3.42. The van der Waals surface area contributed by atoms with Gasteiger partial charge in [-0.3, -0.25) is 0 Å². The van der Waals surface area contributed by atoms with Crippen molar-refractivity contribution in [3.05, 3.63) is 35.4 Å². The molecule has 0 aliphatic carbocycles. The maximum Gasteiger partial charge on any atom is 0.410 e. The van der Waals surface area contributed by atoms with Crippen LogP contribution in [0.4, 0.5) is 4.79 Å². The topological polar surface area (TPSA) is 41.6 Å². The SMILES string of the molecule is CCNC(CN1CCOC1=O)c1cccc(C)c1. The number of likely N-dealkylation sites (N-methyl/N-ethyl adjacent to an activating group) is 1. The normalized spacial score (nSPS) is 16.8. The Morgan fingerprint density at radius 1 is 1.50 bits per heavy atom. The number of rotatable bonds is 5. The third-order valence-corrected chi connectivity index (χ3v) is 3.14. The summed E-state index contributed by atoms with van der Waals surface area (Å²) in [4.78, 5) is 13.2. The molecule has 4 nitrogen and oxygen atoms in total. The van der Waals surface area contributed by atoms with Crippen LogP contribution in [0, 0.1) is 6.92 Å². The Bertz CT molecular complexity index is 420. The minimum atomic E-state index is -0.203. The zero-order chi connectivity index (χ0) is 13.0. The molecule has 1 amide bonds. The van der Waals surface area contributed by atoms with Crippen LogP contribution in [0.5, 0.6) is 0 Å². The smallest absolute Gasteiger partial charge is 0.410 e. The second-order valence-electron chi connectivity index (χ2n) is 4.58. The van der Waals surface area contributed by atoms with Crippen LogP contribution >= 0.6 is 0 Å². The minimum Gasteiger partial charge on any atom is -0.448 e. The Hall–Kier alpha value is -1.55. The van der Waals surface area contributed by atoms with Gasteiger partial charge in [-0.1, -0.05) is 36.8 Å². The molecule has 1 aliphatic heterocycles. The van der Waals surface area contributed by atoms with E-state index in [0.29, 0.717) is 19.7 Å². The van der Waals surface area contributed by atoms with Gasteiger partial charge in [-0.05, 0) is 19.0 Å². The zero-order valence-corrected chi connectivity index (χ0v) is 11.0. The van der Waals surface area contributed by atoms with Gasteiger partial charge in [0.15, 0.2) is 0 Å². The van der Waals surface area contributed by atoms with E-state index in [1.807, 2.05) is 0 Å². The van der Waals surface area contributed by atoms with Crippen molar-refractivity contribution in [2.24, 2.45) is 0 Å². The molecule has 0 bridgehead atoms. The van der Waals surface area contributed by atoms with Gasteiger partial charge in [0.25, 0.3) is 0 Å². The Morgan fingerprint density at radius 2 is 2.33 bits per heavy atom. The molecule has 1 saturated heterocycles. The molecule has 0 spiro atoms. The number of nitrogens with zero attached hydrogens (tertiary/aromatic N) is 1. The highest BCUT2D eigenvalue weighted by Gasteiger charge is 2.25. The van der Waals surface area contributed by atoms with Crippen molar-refractivity contribution in [3.63, 3.8) is 0 Å². The molecule has 0 aromatic heterocycles. The molecule has 1 unspecified atom stereocenters. The van der Waals surface area contributed by atoms with Crippen LogP contribution in [-0.4, -0.2) is 37.2 Å². The van der Waals surface area contributed by atoms with Crippen LogP contribution in [0.25, 0.3) is 0 Å². The van der Waals surface area contributed by atoms with Gasteiger partial charge in [0.1, 0.15) is 6.61 Å². The predicted octanol–water partition coefficient (Wildman–Crippen LogP) is 2.10. The van der Waals surface area contributed by atoms with Gasteiger partial charge in [-0.25, -0.2) is 4.79 Å². The molecule has 1 aromatic rings. The fourth-order valence-corrected chi connectivity index (χ4v) is 2.23. The lowest BCUT2D eigenvalue weighted by Gasteiger charge is -2.23. The lowest BCUT2D eigenvalue weighted by atomic mass is 10.0. The first-order valence-electron chi connectivity index (χ1n) is 6.42. The summed E-state index contributed by atoms with van der Waals surface area (Å²) < 4.78 is 4.96. The second-order valence-corrected chi connectivity index (χ2v) is 4.58. The van der Waals surface area contributed by atoms with Gasteiger partial charge in [0, 0.05) is 6.54 Å². The fraction of sp³-hybridized carbons (Fsp3) is 0.500. The summed E-state index contributed by atoms with van der Waals surface area (Å²) in [7, 11) is 0. The van der Waals surface area contributed by atoms with Gasteiger partial charge < -0.3 is 15.0 Å². The molecule has 1 heterocycles. The Kier molecular flexibility index (Phi) is 4.20. The summed E-state index contributed by atoms with van der Waals surface area (Å²) in [6.45, 7) is 6.89. The predicted molar refractivity (Wildman–Crippen MR) is 70.5 cm³/mol. The van der Waals surface area contributed by atoms with E-state index < -0.39 is 0 Å². The van der Waals surface area contributed by atoms with Crippen molar-refractivity contribution in [2.45, 2.75) is 19.9 Å². The summed E-state index contributed by atoms with van der Waals surface area (Å²) in [6.07, 6.45) is -0.203. The van der Waals surface area contributed by atoms with E-state index in [9.17, 15) is 4.79 Å². The zero-order valence-electron chi connectivity index (χ0n) is 11.0. The van der Waals surface area contributed by atoms with Crippen LogP contribution in [0.3, 0.4) is 0 Å². The van der Waals surface area contributed by atoms with Crippen LogP contribution in [0.2, 0.25) is 0 Å². The molecule has 0 saturated carbocycles. The van der Waals surface area contributed by atoms with Crippen molar-refractivity contribution in [1.82, 2.24) is 10.2 Å². The molecule has 1 fully saturated rings. The number of nitrogens with one attached hydrogen (secondary N) is 1. The van der Waals surface area contributed by atoms with E-state index in [1.54, 1.807) is 4.90 Å². The van der Waals surface area contributed by atoms with Crippen molar-refractivity contribution >= 4 is 6.09 Å². The molecule has 18 heavy (non-hydrogen) atoms. The average Bonchev–Trinajstić information content (AvgIpc) is 2.74. The molecule has 1 atom stereocenters. The van der Waals surface area contributed by atoms with Crippen molar-refractivity contribution in [3.8, 4) is 0 Å². The first kappa shape index (κ1) is 12.9. The number of amides is 1. The third-order valence-electron chi connectivity index (χ3n) is 3.14. The number of benzene rings is 1. The number of hydrogen-bond acceptors (Lipinski definition) is 3. The summed E-state index contributed by atoms with van der Waals surface area (Å²) in [6, 6.07) is 8.56. The van der Waals surface area contributed by atoms with E-state index in [2.05, 4.69) is 43.4 Å². The average molecular weight is 248 g/mol. The molecular weight excluding hydrogens is 228 g/mol. The molecular formula is C14H20N2O2. The highest BCUT2D eigenvalue weighted by atomic mass is 16.6. The number of cyclic esters (lactones) is 1. The van der Waals surface area contributed by atoms with Gasteiger partial charge >= 0.3 is 6.09 Å². The number of carbonyl (C=O) groups is 1. The third kappa shape index (κ3) is 3.01. The molecule has 98 valence electrons. The van der Waals surface area contributed by atoms with Gasteiger partial charge in [0.2, 0.25) is 0 Å². The van der Waals surface area contributed by atoms with Crippen LogP contribution in [-0.2, 0) is 4.74 Å². The molecule has 1 aliphatic rings. The number of aryl methyl sites for hydroxylation is 1. The van der Waals surface area contributed by atoms with Crippen molar-refractivity contribution in [2.75, 3.05) is 26.2 Å². The van der Waals surface area contributed by atoms with Gasteiger partial charge in [-0.2, -0.15) is 0 Å². The Morgan fingerprint density at radius 3 is 2.94 bits per heavy atom. The summed E-state index contributed by atoms with van der Waals surface area (Å²) >= 11 is 0. The van der Waals surface area contributed by atoms with Gasteiger partial charge in [0.05, 0.1) is 12.6 Å². The first-order valence-corrected chi connectivity index (χ1v) is 6.42. The molecule has 2 rings (SSSR count). The van der Waals surface area contributed by atoms with E-state index in [-0.39, 0.29) is 12.1 Å². The number of carbonyl (C=O) groups excluding carboxylic acids is 1. The minimum absolute atomic E-state index is 0.167. The largest absolute Gasteiger partial charge is 0.448 e. The number of hydrogen-bond donors (Lipinski definition) is 1. The summed E-state index contributed by atoms with van der Waals surface area (Å²) in [5.74, 6) is 0. The molecule has 1 N–H and O–H groups in total. The lowest BCUT2D eigenvalue weighted by Crippen LogP contribution is -2.35. The number of ether oxygens (including phenoxy) is 1. The van der Waals surface area contributed by atoms with Crippen LogP contribution in [0.15, 0.2) is 24.3 Å². The van der Waals surface area contributed by atoms with Crippen LogP contribution in [0.1, 0.15) is 24.1 Å². The first-order chi connectivity index (χ1) is 8.70. The quantitative estimate of drug-likeness (QED) is 0.867. The second kappa shape index (κ2) is 5.87. The van der Waals surface area contributed by atoms with Crippen molar-refractivity contribution in [1.29, 1.82) is 0 Å². The Balaban J connectivity index is 2.10. The fourth-order valence-electron chi connectivity index (χ4n) is 2.23. The van der Waals surface area contributed by atoms with E-state index in [0.717, 1.165) is 6.54 Å². The highest BCUT2D eigenvalue weighted by Crippen LogP contribution is 2.17. The monoisotopic (exact) mass is 248 g/mol. The van der Waals surface area contributed by atoms with E-state index >= 15 is 0 Å². The maximum atomic E-state index is 11.5. The maximum absolute atomic E-state index is 11.5. The lowest BCUT2D eigenvalue weighted by molar-refractivity contribution is 0.156. The molecule has 4 heteroatoms. The van der Waals surface area contributed by atoms with E-state index in [1.165, 1.54) is 11.1 Å².